The summed E-state index contributed by atoms with van der Waals surface area (Å²) in [5, 5.41) is 10.1. The van der Waals surface area contributed by atoms with Gasteiger partial charge in [0.1, 0.15) is 17.3 Å². The van der Waals surface area contributed by atoms with Crippen LogP contribution in [0.3, 0.4) is 0 Å². The second-order valence-electron chi connectivity index (χ2n) is 10.9. The largest absolute Gasteiger partial charge is 0.478 e. The highest BCUT2D eigenvalue weighted by molar-refractivity contribution is 6.32. The van der Waals surface area contributed by atoms with Crippen LogP contribution in [0.2, 0.25) is 5.02 Å². The predicted molar refractivity (Wildman–Crippen MR) is 168 cm³/mol. The van der Waals surface area contributed by atoms with Crippen LogP contribution in [0.25, 0.3) is 11.0 Å². The molecule has 0 radical (unpaired) electrons. The van der Waals surface area contributed by atoms with E-state index in [1.165, 1.54) is 0 Å². The molecular formula is C33H33ClN6O4. The van der Waals surface area contributed by atoms with E-state index in [1.807, 2.05) is 48.4 Å². The summed E-state index contributed by atoms with van der Waals surface area (Å²) in [6, 6.07) is 17.8. The van der Waals surface area contributed by atoms with Gasteiger partial charge in [-0.1, -0.05) is 23.7 Å². The van der Waals surface area contributed by atoms with Crippen LogP contribution in [-0.4, -0.2) is 72.1 Å². The molecule has 3 aromatic carbocycles. The van der Waals surface area contributed by atoms with Crippen molar-refractivity contribution in [2.24, 2.45) is 0 Å². The summed E-state index contributed by atoms with van der Waals surface area (Å²) in [6.45, 7) is 8.39. The number of amides is 1. The molecule has 3 heterocycles. The third kappa shape index (κ3) is 6.17. The van der Waals surface area contributed by atoms with Gasteiger partial charge in [0.15, 0.2) is 0 Å². The van der Waals surface area contributed by atoms with Gasteiger partial charge in [-0.05, 0) is 67.9 Å². The lowest BCUT2D eigenvalue weighted by atomic mass is 10.1. The van der Waals surface area contributed by atoms with E-state index in [1.54, 1.807) is 36.7 Å². The van der Waals surface area contributed by atoms with E-state index in [2.05, 4.69) is 25.9 Å². The van der Waals surface area contributed by atoms with Gasteiger partial charge in [-0.15, -0.1) is 0 Å². The minimum absolute atomic E-state index is 0.0497. The number of carbonyl (C=O) groups is 2. The van der Waals surface area contributed by atoms with Crippen LogP contribution in [0.4, 0.5) is 0 Å². The lowest BCUT2D eigenvalue weighted by molar-refractivity contribution is 0.0623. The topological polar surface area (TPSA) is 106 Å². The summed E-state index contributed by atoms with van der Waals surface area (Å²) in [7, 11) is 0. The molecule has 0 saturated carbocycles. The zero-order valence-corrected chi connectivity index (χ0v) is 25.4. The first kappa shape index (κ1) is 29.4. The number of carboxylic acids is 1. The minimum atomic E-state index is -0.975. The zero-order valence-electron chi connectivity index (χ0n) is 24.6. The number of ether oxygens (including phenoxy) is 1. The van der Waals surface area contributed by atoms with Crippen molar-refractivity contribution in [1.29, 1.82) is 0 Å². The number of aryl methyl sites for hydroxylation is 2. The number of aromatic nitrogens is 4. The number of nitrogens with zero attached hydrogens (tertiary/aromatic N) is 6. The number of halogens is 1. The van der Waals surface area contributed by atoms with Crippen molar-refractivity contribution in [2.45, 2.75) is 33.5 Å². The third-order valence-corrected chi connectivity index (χ3v) is 8.25. The first-order valence-corrected chi connectivity index (χ1v) is 14.9. The summed E-state index contributed by atoms with van der Waals surface area (Å²) >= 11 is 6.34. The Morgan fingerprint density at radius 3 is 2.55 bits per heavy atom. The van der Waals surface area contributed by atoms with Crippen molar-refractivity contribution in [3.63, 3.8) is 0 Å². The molecule has 44 heavy (non-hydrogen) atoms. The smallest absolute Gasteiger partial charge is 0.335 e. The quantitative estimate of drug-likeness (QED) is 0.227. The molecule has 11 heteroatoms. The van der Waals surface area contributed by atoms with Crippen molar-refractivity contribution >= 4 is 34.5 Å². The average molecular weight is 613 g/mol. The fourth-order valence-electron chi connectivity index (χ4n) is 5.53. The van der Waals surface area contributed by atoms with Crippen LogP contribution >= 0.6 is 11.6 Å². The second kappa shape index (κ2) is 12.5. The Bertz CT molecular complexity index is 1840. The molecule has 10 nitrogen and oxygen atoms in total. The number of imidazole rings is 2. The number of hydrogen-bond acceptors (Lipinski definition) is 6. The number of carbonyl (C=O) groups excluding carboxylic acids is 1. The highest BCUT2D eigenvalue weighted by Gasteiger charge is 2.25. The highest BCUT2D eigenvalue weighted by Crippen LogP contribution is 2.31. The molecule has 0 aliphatic carbocycles. The monoisotopic (exact) mass is 612 g/mol. The number of hydrogen-bond donors (Lipinski definition) is 1. The number of benzene rings is 3. The number of piperazine rings is 1. The predicted octanol–water partition coefficient (Wildman–Crippen LogP) is 5.71. The van der Waals surface area contributed by atoms with E-state index in [0.29, 0.717) is 61.4 Å². The normalized spacial score (nSPS) is 13.8. The van der Waals surface area contributed by atoms with E-state index in [-0.39, 0.29) is 11.5 Å². The van der Waals surface area contributed by atoms with Gasteiger partial charge in [-0.3, -0.25) is 9.69 Å². The lowest BCUT2D eigenvalue weighted by Gasteiger charge is -2.34. The average Bonchev–Trinajstić information content (AvgIpc) is 3.62. The van der Waals surface area contributed by atoms with Crippen LogP contribution in [0.15, 0.2) is 73.2 Å². The Balaban J connectivity index is 1.16. The van der Waals surface area contributed by atoms with Crippen molar-refractivity contribution in [2.75, 3.05) is 26.2 Å². The number of rotatable bonds is 9. The summed E-state index contributed by atoms with van der Waals surface area (Å²) in [6.07, 6.45) is 3.63. The van der Waals surface area contributed by atoms with Crippen LogP contribution in [0.5, 0.6) is 11.5 Å². The molecule has 1 saturated heterocycles. The standard InChI is InChI=1S/C33H33ClN6O4/c1-3-38-21-35-18-25(38)19-40-29-17-24(33(42)43)8-9-28(29)36-31(40)20-37-11-13-39(14-12-37)32(41)23-5-4-6-26(16-23)44-30-10-7-22(2)15-27(30)34/h4-10,15-18,21H,3,11-14,19-20H2,1-2H3,(H,42,43). The second-order valence-corrected chi connectivity index (χ2v) is 11.3. The summed E-state index contributed by atoms with van der Waals surface area (Å²) in [5.41, 5.74) is 4.35. The molecule has 0 bridgehead atoms. The Labute approximate surface area is 260 Å². The van der Waals surface area contributed by atoms with Crippen molar-refractivity contribution < 1.29 is 19.4 Å². The molecule has 0 spiro atoms. The van der Waals surface area contributed by atoms with Gasteiger partial charge in [0.2, 0.25) is 0 Å². The number of carboxylic acid groups (broad SMARTS) is 1. The van der Waals surface area contributed by atoms with Gasteiger partial charge in [-0.25, -0.2) is 14.8 Å². The third-order valence-electron chi connectivity index (χ3n) is 7.95. The van der Waals surface area contributed by atoms with Crippen molar-refractivity contribution in [3.8, 4) is 11.5 Å². The zero-order chi connectivity index (χ0) is 30.8. The molecule has 5 aromatic rings. The van der Waals surface area contributed by atoms with E-state index in [9.17, 15) is 14.7 Å². The molecule has 226 valence electrons. The maximum atomic E-state index is 13.4. The molecule has 6 rings (SSSR count). The molecule has 1 N–H and O–H groups in total. The van der Waals surface area contributed by atoms with Crippen LogP contribution in [-0.2, 0) is 19.6 Å². The molecule has 0 atom stereocenters. The van der Waals surface area contributed by atoms with Crippen LogP contribution < -0.4 is 4.74 Å². The molecule has 0 unspecified atom stereocenters. The highest BCUT2D eigenvalue weighted by atomic mass is 35.5. The Kier molecular flexibility index (Phi) is 8.36. The summed E-state index contributed by atoms with van der Waals surface area (Å²) < 4.78 is 10.1. The summed E-state index contributed by atoms with van der Waals surface area (Å²) in [5.74, 6) is 0.906. The Hall–Kier alpha value is -4.67. The molecule has 1 aliphatic rings. The fraction of sp³-hybridized carbons (Fsp3) is 0.273. The molecule has 1 aliphatic heterocycles. The van der Waals surface area contributed by atoms with Gasteiger partial charge in [0.25, 0.3) is 5.91 Å². The summed E-state index contributed by atoms with van der Waals surface area (Å²) in [4.78, 5) is 38.5. The SMILES string of the molecule is CCn1cncc1Cn1c(CN2CCN(C(=O)c3cccc(Oc4ccc(C)cc4Cl)c3)CC2)nc2ccc(C(=O)O)cc21. The van der Waals surface area contributed by atoms with Crippen LogP contribution in [0, 0.1) is 6.92 Å². The van der Waals surface area contributed by atoms with Crippen molar-refractivity contribution in [1.82, 2.24) is 28.9 Å². The molecule has 2 aromatic heterocycles. The maximum Gasteiger partial charge on any atom is 0.335 e. The lowest BCUT2D eigenvalue weighted by Crippen LogP contribution is -2.48. The first-order chi connectivity index (χ1) is 21.3. The van der Waals surface area contributed by atoms with Gasteiger partial charge >= 0.3 is 5.97 Å². The van der Waals surface area contributed by atoms with Gasteiger partial charge in [0, 0.05) is 44.5 Å². The van der Waals surface area contributed by atoms with Gasteiger partial charge in [-0.2, -0.15) is 0 Å². The first-order valence-electron chi connectivity index (χ1n) is 14.6. The van der Waals surface area contributed by atoms with E-state index < -0.39 is 5.97 Å². The Morgan fingerprint density at radius 2 is 1.80 bits per heavy atom. The minimum Gasteiger partial charge on any atom is -0.478 e. The van der Waals surface area contributed by atoms with E-state index >= 15 is 0 Å². The van der Waals surface area contributed by atoms with Crippen LogP contribution in [0.1, 0.15) is 44.7 Å². The number of fused-ring (bicyclic) bond motifs is 1. The molecule has 1 amide bonds. The van der Waals surface area contributed by atoms with Crippen molar-refractivity contribution in [3.05, 3.63) is 106 Å². The van der Waals surface area contributed by atoms with Gasteiger partial charge in [0.05, 0.1) is 46.7 Å². The molecular weight excluding hydrogens is 580 g/mol. The fourth-order valence-corrected chi connectivity index (χ4v) is 5.80. The van der Waals surface area contributed by atoms with E-state index in [0.717, 1.165) is 34.7 Å². The maximum absolute atomic E-state index is 13.4. The van der Waals surface area contributed by atoms with Gasteiger partial charge < -0.3 is 23.9 Å². The Morgan fingerprint density at radius 1 is 0.977 bits per heavy atom. The van der Waals surface area contributed by atoms with E-state index in [4.69, 9.17) is 21.3 Å². The number of aromatic carboxylic acids is 1. The molecule has 1 fully saturated rings.